The van der Waals surface area contributed by atoms with Crippen molar-refractivity contribution < 1.29 is 14.1 Å². The van der Waals surface area contributed by atoms with Crippen molar-refractivity contribution in [1.29, 1.82) is 0 Å². The topological polar surface area (TPSA) is 55.8 Å². The minimum Gasteiger partial charge on any atom is -0.492 e. The van der Waals surface area contributed by atoms with Gasteiger partial charge < -0.3 is 19.0 Å². The van der Waals surface area contributed by atoms with E-state index >= 15 is 0 Å². The molecule has 4 rings (SSSR count). The van der Waals surface area contributed by atoms with Crippen LogP contribution in [-0.4, -0.2) is 43.0 Å². The number of nitrogens with zero attached hydrogens (tertiary/aromatic N) is 3. The van der Waals surface area contributed by atoms with Gasteiger partial charge in [-0.2, -0.15) is 0 Å². The molecule has 6 heteroatoms. The van der Waals surface area contributed by atoms with Crippen LogP contribution in [0.25, 0.3) is 11.5 Å². The average Bonchev–Trinajstić information content (AvgIpc) is 3.24. The first kappa shape index (κ1) is 19.5. The van der Waals surface area contributed by atoms with Gasteiger partial charge in [0.05, 0.1) is 38.5 Å². The number of hydrogen-bond donors (Lipinski definition) is 1. The van der Waals surface area contributed by atoms with E-state index in [1.54, 1.807) is 0 Å². The lowest BCUT2D eigenvalue weighted by atomic mass is 10.1. The van der Waals surface area contributed by atoms with Crippen molar-refractivity contribution in [3.8, 4) is 17.2 Å². The molecule has 2 aromatic carbocycles. The predicted molar refractivity (Wildman–Crippen MR) is 113 cm³/mol. The van der Waals surface area contributed by atoms with Crippen molar-refractivity contribution in [3.63, 3.8) is 0 Å². The van der Waals surface area contributed by atoms with Crippen molar-refractivity contribution in [3.05, 3.63) is 60.0 Å². The molecule has 0 saturated carbocycles. The molecule has 1 aliphatic rings. The monoisotopic (exact) mass is 393 g/mol. The molecule has 1 saturated heterocycles. The highest BCUT2D eigenvalue weighted by Crippen LogP contribution is 2.28. The molecule has 0 unspecified atom stereocenters. The largest absolute Gasteiger partial charge is 0.492 e. The van der Waals surface area contributed by atoms with E-state index in [2.05, 4.69) is 53.2 Å². The van der Waals surface area contributed by atoms with Crippen molar-refractivity contribution >= 4 is 5.69 Å². The minimum atomic E-state index is 0.172. The van der Waals surface area contributed by atoms with Gasteiger partial charge in [0, 0.05) is 5.56 Å². The molecule has 1 aromatic heterocycles. The molecule has 1 atom stereocenters. The Bertz CT molecular complexity index is 947. The SMILES string of the molecule is CCOc1ccccc1N1CC[NH+]([C@@H](C)c2nnc(-c3cccc(C)c3)o2)CC1. The van der Waals surface area contributed by atoms with E-state index in [0.717, 1.165) is 37.5 Å². The molecule has 0 aliphatic carbocycles. The van der Waals surface area contributed by atoms with Crippen LogP contribution in [0.1, 0.15) is 31.3 Å². The number of aryl methyl sites for hydroxylation is 1. The van der Waals surface area contributed by atoms with Crippen LogP contribution < -0.4 is 14.5 Å². The van der Waals surface area contributed by atoms with Crippen LogP contribution in [0, 0.1) is 6.92 Å². The van der Waals surface area contributed by atoms with Crippen molar-refractivity contribution in [1.82, 2.24) is 10.2 Å². The van der Waals surface area contributed by atoms with Crippen LogP contribution in [0.2, 0.25) is 0 Å². The Morgan fingerprint density at radius 3 is 2.66 bits per heavy atom. The predicted octanol–water partition coefficient (Wildman–Crippen LogP) is 2.91. The molecule has 0 spiro atoms. The van der Waals surface area contributed by atoms with E-state index in [9.17, 15) is 0 Å². The summed E-state index contributed by atoms with van der Waals surface area (Å²) in [7, 11) is 0. The van der Waals surface area contributed by atoms with E-state index in [4.69, 9.17) is 9.15 Å². The molecule has 152 valence electrons. The second kappa shape index (κ2) is 8.66. The van der Waals surface area contributed by atoms with E-state index in [0.29, 0.717) is 18.4 Å². The molecule has 6 nitrogen and oxygen atoms in total. The minimum absolute atomic E-state index is 0.172. The van der Waals surface area contributed by atoms with Gasteiger partial charge in [0.1, 0.15) is 5.75 Å². The zero-order chi connectivity index (χ0) is 20.2. The Hall–Kier alpha value is -2.86. The summed E-state index contributed by atoms with van der Waals surface area (Å²) in [5.74, 6) is 2.27. The molecule has 2 heterocycles. The highest BCUT2D eigenvalue weighted by Gasteiger charge is 2.30. The Kier molecular flexibility index (Phi) is 5.81. The summed E-state index contributed by atoms with van der Waals surface area (Å²) in [5, 5.41) is 8.62. The van der Waals surface area contributed by atoms with Gasteiger partial charge in [-0.3, -0.25) is 0 Å². The van der Waals surface area contributed by atoms with Crippen LogP contribution >= 0.6 is 0 Å². The summed E-state index contributed by atoms with van der Waals surface area (Å²) in [5.41, 5.74) is 3.34. The van der Waals surface area contributed by atoms with Crippen LogP contribution in [0.5, 0.6) is 5.75 Å². The van der Waals surface area contributed by atoms with Gasteiger partial charge in [-0.05, 0) is 45.0 Å². The van der Waals surface area contributed by atoms with E-state index < -0.39 is 0 Å². The quantitative estimate of drug-likeness (QED) is 0.698. The van der Waals surface area contributed by atoms with Gasteiger partial charge >= 0.3 is 0 Å². The van der Waals surface area contributed by atoms with E-state index in [-0.39, 0.29) is 6.04 Å². The number of benzene rings is 2. The van der Waals surface area contributed by atoms with Crippen LogP contribution in [0.4, 0.5) is 5.69 Å². The summed E-state index contributed by atoms with van der Waals surface area (Å²) in [6.07, 6.45) is 0. The Balaban J connectivity index is 1.42. The van der Waals surface area contributed by atoms with Gasteiger partial charge in [-0.15, -0.1) is 10.2 Å². The Morgan fingerprint density at radius 1 is 1.10 bits per heavy atom. The number of anilines is 1. The van der Waals surface area contributed by atoms with Crippen molar-refractivity contribution in [2.45, 2.75) is 26.8 Å². The maximum absolute atomic E-state index is 6.03. The van der Waals surface area contributed by atoms with E-state index in [1.165, 1.54) is 16.2 Å². The normalized spacial score (nSPS) is 16.0. The highest BCUT2D eigenvalue weighted by molar-refractivity contribution is 5.58. The smallest absolute Gasteiger partial charge is 0.274 e. The maximum Gasteiger partial charge on any atom is 0.274 e. The second-order valence-corrected chi connectivity index (χ2v) is 7.58. The standard InChI is InChI=1S/C23H28N4O2/c1-4-28-21-11-6-5-10-20(21)27-14-12-26(13-15-27)18(3)22-24-25-23(29-22)19-9-7-8-17(2)16-19/h5-11,16,18H,4,12-15H2,1-3H3/p+1/t18-/m0/s1. The Morgan fingerprint density at radius 2 is 1.90 bits per heavy atom. The van der Waals surface area contributed by atoms with Gasteiger partial charge in [0.25, 0.3) is 5.89 Å². The molecule has 3 aromatic rings. The lowest BCUT2D eigenvalue weighted by Crippen LogP contribution is -3.14. The van der Waals surface area contributed by atoms with Gasteiger partial charge in [-0.25, -0.2) is 0 Å². The molecule has 0 bridgehead atoms. The number of para-hydroxylation sites is 2. The van der Waals surface area contributed by atoms with Gasteiger partial charge in [0.15, 0.2) is 6.04 Å². The van der Waals surface area contributed by atoms with Crippen LogP contribution in [-0.2, 0) is 0 Å². The zero-order valence-corrected chi connectivity index (χ0v) is 17.4. The fourth-order valence-corrected chi connectivity index (χ4v) is 3.94. The summed E-state index contributed by atoms with van der Waals surface area (Å²) >= 11 is 0. The first-order valence-electron chi connectivity index (χ1n) is 10.4. The molecule has 1 fully saturated rings. The molecule has 0 amide bonds. The first-order chi connectivity index (χ1) is 14.2. The highest BCUT2D eigenvalue weighted by atomic mass is 16.5. The molecule has 29 heavy (non-hydrogen) atoms. The third-order valence-electron chi connectivity index (χ3n) is 5.60. The van der Waals surface area contributed by atoms with Crippen LogP contribution in [0.15, 0.2) is 52.9 Å². The number of piperazine rings is 1. The number of aromatic nitrogens is 2. The van der Waals surface area contributed by atoms with E-state index in [1.807, 2.05) is 31.2 Å². The summed E-state index contributed by atoms with van der Waals surface area (Å²) in [6, 6.07) is 16.6. The summed E-state index contributed by atoms with van der Waals surface area (Å²) < 4.78 is 11.8. The average molecular weight is 394 g/mol. The third-order valence-corrected chi connectivity index (χ3v) is 5.60. The number of rotatable bonds is 6. The number of nitrogens with one attached hydrogen (secondary N) is 1. The number of hydrogen-bond acceptors (Lipinski definition) is 5. The number of quaternary nitrogens is 1. The first-order valence-corrected chi connectivity index (χ1v) is 10.4. The van der Waals surface area contributed by atoms with Gasteiger partial charge in [-0.1, -0.05) is 29.8 Å². The lowest BCUT2D eigenvalue weighted by molar-refractivity contribution is -0.931. The molecular weight excluding hydrogens is 364 g/mol. The zero-order valence-electron chi connectivity index (χ0n) is 17.4. The fourth-order valence-electron chi connectivity index (χ4n) is 3.94. The maximum atomic E-state index is 6.03. The lowest BCUT2D eigenvalue weighted by Gasteiger charge is -2.36. The van der Waals surface area contributed by atoms with Crippen molar-refractivity contribution in [2.24, 2.45) is 0 Å². The second-order valence-electron chi connectivity index (χ2n) is 7.58. The number of ether oxygens (including phenoxy) is 1. The molecule has 1 N–H and O–H groups in total. The fraction of sp³-hybridized carbons (Fsp3) is 0.391. The molecule has 1 aliphatic heterocycles. The summed E-state index contributed by atoms with van der Waals surface area (Å²) in [6.45, 7) is 10.9. The molecule has 0 radical (unpaired) electrons. The van der Waals surface area contributed by atoms with Gasteiger partial charge in [0.2, 0.25) is 5.89 Å². The molecular formula is C23H29N4O2+. The Labute approximate surface area is 172 Å². The summed E-state index contributed by atoms with van der Waals surface area (Å²) in [4.78, 5) is 3.88. The van der Waals surface area contributed by atoms with Crippen LogP contribution in [0.3, 0.4) is 0 Å². The van der Waals surface area contributed by atoms with Crippen molar-refractivity contribution in [2.75, 3.05) is 37.7 Å². The third kappa shape index (κ3) is 4.27.